The van der Waals surface area contributed by atoms with Gasteiger partial charge in [-0.2, -0.15) is 0 Å². The lowest BCUT2D eigenvalue weighted by molar-refractivity contribution is -0.141. The Bertz CT molecular complexity index is 680. The molecule has 0 aliphatic heterocycles. The Morgan fingerprint density at radius 3 is 2.70 bits per heavy atom. The molecule has 0 aromatic carbocycles. The van der Waals surface area contributed by atoms with Crippen LogP contribution in [-0.4, -0.2) is 28.5 Å². The van der Waals surface area contributed by atoms with Crippen molar-refractivity contribution >= 4 is 11.9 Å². The summed E-state index contributed by atoms with van der Waals surface area (Å²) in [6, 6.07) is 6.95. The van der Waals surface area contributed by atoms with Crippen LogP contribution < -0.4 is 5.32 Å². The van der Waals surface area contributed by atoms with Gasteiger partial charge >= 0.3 is 5.97 Å². The number of carboxylic acids is 1. The van der Waals surface area contributed by atoms with Crippen molar-refractivity contribution in [2.24, 2.45) is 5.92 Å². The Morgan fingerprint density at radius 2 is 2.13 bits per heavy atom. The van der Waals surface area contributed by atoms with Gasteiger partial charge in [0.25, 0.3) is 5.91 Å². The van der Waals surface area contributed by atoms with Crippen LogP contribution >= 0.6 is 0 Å². The molecule has 2 N–H and O–H groups in total. The molecule has 0 aliphatic rings. The molecular weight excluding hydrogens is 296 g/mol. The molecule has 1 atom stereocenters. The van der Waals surface area contributed by atoms with E-state index in [0.717, 1.165) is 6.42 Å². The SMILES string of the molecule is CCCC(CNC(=O)c1ccc(-c2ccco2)nc1C)C(=O)O. The Balaban J connectivity index is 2.06. The number of hydrogen-bond acceptors (Lipinski definition) is 4. The maximum atomic E-state index is 12.2. The summed E-state index contributed by atoms with van der Waals surface area (Å²) in [6.07, 6.45) is 2.85. The van der Waals surface area contributed by atoms with E-state index < -0.39 is 11.9 Å². The van der Waals surface area contributed by atoms with Gasteiger partial charge in [-0.05, 0) is 37.6 Å². The van der Waals surface area contributed by atoms with E-state index in [1.165, 1.54) is 0 Å². The van der Waals surface area contributed by atoms with Gasteiger partial charge in [-0.25, -0.2) is 4.98 Å². The number of carboxylic acid groups (broad SMARTS) is 1. The van der Waals surface area contributed by atoms with E-state index in [9.17, 15) is 9.59 Å². The molecule has 2 aromatic heterocycles. The van der Waals surface area contributed by atoms with Crippen molar-refractivity contribution in [3.63, 3.8) is 0 Å². The van der Waals surface area contributed by atoms with Crippen LogP contribution in [0.4, 0.5) is 0 Å². The van der Waals surface area contributed by atoms with Gasteiger partial charge in [-0.15, -0.1) is 0 Å². The zero-order valence-electron chi connectivity index (χ0n) is 13.2. The molecule has 0 saturated heterocycles. The lowest BCUT2D eigenvalue weighted by Gasteiger charge is -2.13. The van der Waals surface area contributed by atoms with Crippen molar-refractivity contribution in [1.82, 2.24) is 10.3 Å². The van der Waals surface area contributed by atoms with Crippen LogP contribution in [0, 0.1) is 12.8 Å². The molecule has 0 radical (unpaired) electrons. The van der Waals surface area contributed by atoms with Crippen molar-refractivity contribution < 1.29 is 19.1 Å². The molecular formula is C17H20N2O4. The topological polar surface area (TPSA) is 92.4 Å². The van der Waals surface area contributed by atoms with Gasteiger partial charge in [-0.1, -0.05) is 13.3 Å². The number of nitrogens with zero attached hydrogens (tertiary/aromatic N) is 1. The quantitative estimate of drug-likeness (QED) is 0.819. The minimum Gasteiger partial charge on any atom is -0.481 e. The van der Waals surface area contributed by atoms with Gasteiger partial charge < -0.3 is 14.8 Å². The molecule has 0 saturated carbocycles. The minimum absolute atomic E-state index is 0.112. The standard InChI is InChI=1S/C17H20N2O4/c1-3-5-12(17(21)22)10-18-16(20)13-7-8-14(19-11(13)2)15-6-4-9-23-15/h4,6-9,12H,3,5,10H2,1-2H3,(H,18,20)(H,21,22). The minimum atomic E-state index is -0.893. The van der Waals surface area contributed by atoms with Gasteiger partial charge in [0, 0.05) is 6.54 Å². The van der Waals surface area contributed by atoms with Crippen LogP contribution in [0.1, 0.15) is 35.8 Å². The van der Waals surface area contributed by atoms with Crippen LogP contribution in [0.2, 0.25) is 0 Å². The number of carbonyl (C=O) groups excluding carboxylic acids is 1. The second-order valence-electron chi connectivity index (χ2n) is 5.34. The number of aryl methyl sites for hydroxylation is 1. The summed E-state index contributed by atoms with van der Waals surface area (Å²) in [5, 5.41) is 11.8. The van der Waals surface area contributed by atoms with Gasteiger partial charge in [0.05, 0.1) is 23.4 Å². The molecule has 1 amide bonds. The third-order valence-corrected chi connectivity index (χ3v) is 3.60. The summed E-state index contributed by atoms with van der Waals surface area (Å²) in [4.78, 5) is 27.7. The third-order valence-electron chi connectivity index (χ3n) is 3.60. The third kappa shape index (κ3) is 4.18. The highest BCUT2D eigenvalue weighted by Gasteiger charge is 2.19. The predicted octanol–water partition coefficient (Wildman–Crippen LogP) is 2.88. The normalized spacial score (nSPS) is 11.9. The highest BCUT2D eigenvalue weighted by Crippen LogP contribution is 2.19. The zero-order chi connectivity index (χ0) is 16.8. The summed E-state index contributed by atoms with van der Waals surface area (Å²) >= 11 is 0. The van der Waals surface area contributed by atoms with Crippen molar-refractivity contribution in [3.05, 3.63) is 41.8 Å². The summed E-state index contributed by atoms with van der Waals surface area (Å²) in [6.45, 7) is 3.77. The molecule has 6 nitrogen and oxygen atoms in total. The number of aromatic nitrogens is 1. The fourth-order valence-corrected chi connectivity index (χ4v) is 2.33. The molecule has 0 fully saturated rings. The molecule has 0 aliphatic carbocycles. The van der Waals surface area contributed by atoms with Crippen molar-refractivity contribution in [1.29, 1.82) is 0 Å². The Morgan fingerprint density at radius 1 is 1.35 bits per heavy atom. The first-order chi connectivity index (χ1) is 11.0. The lowest BCUT2D eigenvalue weighted by Crippen LogP contribution is -2.33. The number of amides is 1. The number of hydrogen-bond donors (Lipinski definition) is 2. The molecule has 0 spiro atoms. The number of carbonyl (C=O) groups is 2. The molecule has 6 heteroatoms. The van der Waals surface area contributed by atoms with Gasteiger partial charge in [0.1, 0.15) is 5.69 Å². The maximum Gasteiger partial charge on any atom is 0.308 e. The number of pyridine rings is 1. The number of rotatable bonds is 7. The van der Waals surface area contributed by atoms with Crippen molar-refractivity contribution in [3.8, 4) is 11.5 Å². The van der Waals surface area contributed by atoms with Gasteiger partial charge in [-0.3, -0.25) is 9.59 Å². The molecule has 0 bridgehead atoms. The lowest BCUT2D eigenvalue weighted by atomic mass is 10.0. The average Bonchev–Trinajstić information content (AvgIpc) is 3.05. The van der Waals surface area contributed by atoms with Gasteiger partial charge in [0.2, 0.25) is 0 Å². The van der Waals surface area contributed by atoms with Crippen molar-refractivity contribution in [2.75, 3.05) is 6.54 Å². The first-order valence-electron chi connectivity index (χ1n) is 7.55. The van der Waals surface area contributed by atoms with E-state index in [2.05, 4.69) is 10.3 Å². The van der Waals surface area contributed by atoms with E-state index in [1.807, 2.05) is 6.92 Å². The number of nitrogens with one attached hydrogen (secondary N) is 1. The number of furan rings is 1. The average molecular weight is 316 g/mol. The Kier molecular flexibility index (Phi) is 5.51. The summed E-state index contributed by atoms with van der Waals surface area (Å²) in [7, 11) is 0. The number of aliphatic carboxylic acids is 1. The predicted molar refractivity (Wildman–Crippen MR) is 85.0 cm³/mol. The maximum absolute atomic E-state index is 12.2. The fraction of sp³-hybridized carbons (Fsp3) is 0.353. The van der Waals surface area contributed by atoms with Crippen LogP contribution in [0.25, 0.3) is 11.5 Å². The monoisotopic (exact) mass is 316 g/mol. The highest BCUT2D eigenvalue weighted by atomic mass is 16.4. The Labute approximate surface area is 134 Å². The second kappa shape index (κ2) is 7.58. The molecule has 122 valence electrons. The molecule has 1 unspecified atom stereocenters. The zero-order valence-corrected chi connectivity index (χ0v) is 13.2. The van der Waals surface area contributed by atoms with E-state index in [0.29, 0.717) is 29.1 Å². The summed E-state index contributed by atoms with van der Waals surface area (Å²) in [5.74, 6) is -1.15. The van der Waals surface area contributed by atoms with Crippen LogP contribution in [0.3, 0.4) is 0 Å². The summed E-state index contributed by atoms with van der Waals surface area (Å²) < 4.78 is 5.28. The largest absolute Gasteiger partial charge is 0.481 e. The van der Waals surface area contributed by atoms with Gasteiger partial charge in [0.15, 0.2) is 5.76 Å². The van der Waals surface area contributed by atoms with E-state index >= 15 is 0 Å². The van der Waals surface area contributed by atoms with E-state index in [-0.39, 0.29) is 12.5 Å². The van der Waals surface area contributed by atoms with Crippen molar-refractivity contribution in [2.45, 2.75) is 26.7 Å². The first kappa shape index (κ1) is 16.7. The van der Waals surface area contributed by atoms with E-state index in [4.69, 9.17) is 9.52 Å². The first-order valence-corrected chi connectivity index (χ1v) is 7.55. The van der Waals surface area contributed by atoms with Crippen LogP contribution in [-0.2, 0) is 4.79 Å². The van der Waals surface area contributed by atoms with Crippen LogP contribution in [0.5, 0.6) is 0 Å². The van der Waals surface area contributed by atoms with Crippen LogP contribution in [0.15, 0.2) is 34.9 Å². The molecule has 2 heterocycles. The fourth-order valence-electron chi connectivity index (χ4n) is 2.33. The molecule has 2 aromatic rings. The Hall–Kier alpha value is -2.63. The second-order valence-corrected chi connectivity index (χ2v) is 5.34. The molecule has 23 heavy (non-hydrogen) atoms. The smallest absolute Gasteiger partial charge is 0.308 e. The van der Waals surface area contributed by atoms with E-state index in [1.54, 1.807) is 37.5 Å². The molecule has 2 rings (SSSR count). The summed E-state index contributed by atoms with van der Waals surface area (Å²) in [5.41, 5.74) is 1.65. The highest BCUT2D eigenvalue weighted by molar-refractivity contribution is 5.95.